The quantitative estimate of drug-likeness (QED) is 0.588. The van der Waals surface area contributed by atoms with Crippen LogP contribution in [0.5, 0.6) is 11.5 Å². The third-order valence-corrected chi connectivity index (χ3v) is 5.96. The number of amides is 2. The van der Waals surface area contributed by atoms with Crippen LogP contribution in [0.25, 0.3) is 0 Å². The van der Waals surface area contributed by atoms with E-state index in [1.54, 1.807) is 24.4 Å². The van der Waals surface area contributed by atoms with Crippen molar-refractivity contribution >= 4 is 17.5 Å². The van der Waals surface area contributed by atoms with Crippen LogP contribution in [0.4, 0.5) is 5.69 Å². The zero-order chi connectivity index (χ0) is 22.6. The zero-order valence-corrected chi connectivity index (χ0v) is 18.0. The molecule has 2 aliphatic rings. The Kier molecular flexibility index (Phi) is 5.91. The first kappa shape index (κ1) is 21.0. The summed E-state index contributed by atoms with van der Waals surface area (Å²) in [6.45, 7) is 2.07. The number of rotatable bonds is 5. The van der Waals surface area contributed by atoms with E-state index in [2.05, 4.69) is 38.7 Å². The van der Waals surface area contributed by atoms with Crippen molar-refractivity contribution < 1.29 is 19.1 Å². The Hall–Kier alpha value is -3.91. The summed E-state index contributed by atoms with van der Waals surface area (Å²) in [4.78, 5) is 31.6. The summed E-state index contributed by atoms with van der Waals surface area (Å²) < 4.78 is 10.6. The van der Waals surface area contributed by atoms with Crippen molar-refractivity contribution in [2.24, 2.45) is 0 Å². The molecule has 1 atom stereocenters. The van der Waals surface area contributed by atoms with Crippen molar-refractivity contribution in [2.75, 3.05) is 25.2 Å². The van der Waals surface area contributed by atoms with Gasteiger partial charge in [0.15, 0.2) is 11.5 Å². The number of fused-ring (bicyclic) bond motifs is 2. The topological polar surface area (TPSA) is 92.8 Å². The van der Waals surface area contributed by atoms with Gasteiger partial charge >= 0.3 is 11.8 Å². The van der Waals surface area contributed by atoms with Crippen LogP contribution in [-0.4, -0.2) is 41.6 Å². The molecule has 0 saturated heterocycles. The molecule has 168 valence electrons. The van der Waals surface area contributed by atoms with Gasteiger partial charge in [-0.15, -0.1) is 0 Å². The van der Waals surface area contributed by atoms with Crippen LogP contribution in [0, 0.1) is 0 Å². The van der Waals surface area contributed by atoms with Crippen LogP contribution in [0.15, 0.2) is 67.0 Å². The number of carbonyl (C=O) groups is 2. The summed E-state index contributed by atoms with van der Waals surface area (Å²) in [6.07, 6.45) is 4.47. The van der Waals surface area contributed by atoms with Gasteiger partial charge in [0.1, 0.15) is 0 Å². The molecule has 0 radical (unpaired) electrons. The number of nitrogens with zero attached hydrogens (tertiary/aromatic N) is 2. The fourth-order valence-corrected chi connectivity index (χ4v) is 4.25. The molecule has 3 aromatic rings. The van der Waals surface area contributed by atoms with E-state index in [1.165, 1.54) is 11.1 Å². The molecule has 8 heteroatoms. The van der Waals surface area contributed by atoms with Crippen molar-refractivity contribution in [3.63, 3.8) is 0 Å². The fraction of sp³-hybridized carbons (Fsp3) is 0.240. The predicted octanol–water partition coefficient (Wildman–Crippen LogP) is 2.66. The average molecular weight is 444 g/mol. The fourth-order valence-electron chi connectivity index (χ4n) is 4.25. The van der Waals surface area contributed by atoms with E-state index >= 15 is 0 Å². The Labute approximate surface area is 191 Å². The van der Waals surface area contributed by atoms with Gasteiger partial charge in [-0.05, 0) is 41.3 Å². The van der Waals surface area contributed by atoms with Gasteiger partial charge in [0.2, 0.25) is 6.79 Å². The maximum atomic E-state index is 12.6. The van der Waals surface area contributed by atoms with E-state index in [1.807, 2.05) is 24.4 Å². The minimum Gasteiger partial charge on any atom is -0.454 e. The van der Waals surface area contributed by atoms with Crippen LogP contribution in [0.2, 0.25) is 0 Å². The Morgan fingerprint density at radius 2 is 1.85 bits per heavy atom. The molecule has 0 aliphatic carbocycles. The first-order valence-electron chi connectivity index (χ1n) is 10.9. The maximum absolute atomic E-state index is 12.6. The van der Waals surface area contributed by atoms with Gasteiger partial charge < -0.3 is 20.1 Å². The van der Waals surface area contributed by atoms with E-state index in [0.717, 1.165) is 25.1 Å². The Bertz CT molecular complexity index is 1170. The number of ether oxygens (including phenoxy) is 2. The molecule has 2 amide bonds. The molecule has 2 N–H and O–H groups in total. The van der Waals surface area contributed by atoms with Crippen LogP contribution in [-0.2, 0) is 22.6 Å². The molecule has 0 bridgehead atoms. The molecule has 3 heterocycles. The highest BCUT2D eigenvalue weighted by atomic mass is 16.7. The number of hydrogen-bond donors (Lipinski definition) is 2. The van der Waals surface area contributed by atoms with Gasteiger partial charge in [0, 0.05) is 43.8 Å². The van der Waals surface area contributed by atoms with Crippen LogP contribution >= 0.6 is 0 Å². The lowest BCUT2D eigenvalue weighted by Gasteiger charge is -2.35. The summed E-state index contributed by atoms with van der Waals surface area (Å²) in [5, 5.41) is 5.41. The standard InChI is InChI=1S/C25H24N4O4/c30-24(25(31)28-20-7-8-22-23(12-20)33-16-32-22)27-14-21(18-6-3-10-26-13-18)29-11-9-17-4-1-2-5-19(17)15-29/h1-8,10,12-13,21H,9,11,14-16H2,(H,27,30)(H,28,31)/t21-/m1/s1. The number of hydrogen-bond acceptors (Lipinski definition) is 6. The minimum absolute atomic E-state index is 0.102. The van der Waals surface area contributed by atoms with Crippen molar-refractivity contribution in [2.45, 2.75) is 19.0 Å². The molecule has 0 saturated carbocycles. The number of benzene rings is 2. The summed E-state index contributed by atoms with van der Waals surface area (Å²) in [6, 6.07) is 17.2. The van der Waals surface area contributed by atoms with Crippen molar-refractivity contribution in [1.82, 2.24) is 15.2 Å². The molecule has 0 spiro atoms. The average Bonchev–Trinajstić information content (AvgIpc) is 3.32. The smallest absolute Gasteiger partial charge is 0.313 e. The lowest BCUT2D eigenvalue weighted by Crippen LogP contribution is -2.43. The van der Waals surface area contributed by atoms with Crippen LogP contribution in [0.3, 0.4) is 0 Å². The van der Waals surface area contributed by atoms with Gasteiger partial charge in [-0.1, -0.05) is 30.3 Å². The molecule has 2 aromatic carbocycles. The highest BCUT2D eigenvalue weighted by molar-refractivity contribution is 6.39. The van der Waals surface area contributed by atoms with Gasteiger partial charge in [-0.25, -0.2) is 0 Å². The summed E-state index contributed by atoms with van der Waals surface area (Å²) >= 11 is 0. The summed E-state index contributed by atoms with van der Waals surface area (Å²) in [7, 11) is 0. The van der Waals surface area contributed by atoms with Crippen molar-refractivity contribution in [3.8, 4) is 11.5 Å². The highest BCUT2D eigenvalue weighted by Gasteiger charge is 2.26. The second-order valence-electron chi connectivity index (χ2n) is 8.02. The highest BCUT2D eigenvalue weighted by Crippen LogP contribution is 2.34. The largest absolute Gasteiger partial charge is 0.454 e. The predicted molar refractivity (Wildman–Crippen MR) is 122 cm³/mol. The van der Waals surface area contributed by atoms with Gasteiger partial charge in [-0.3, -0.25) is 19.5 Å². The molecule has 1 aromatic heterocycles. The number of nitrogens with one attached hydrogen (secondary N) is 2. The molecule has 33 heavy (non-hydrogen) atoms. The van der Waals surface area contributed by atoms with E-state index in [9.17, 15) is 9.59 Å². The van der Waals surface area contributed by atoms with Gasteiger partial charge in [-0.2, -0.15) is 0 Å². The van der Waals surface area contributed by atoms with E-state index in [-0.39, 0.29) is 12.8 Å². The van der Waals surface area contributed by atoms with Crippen molar-refractivity contribution in [3.05, 3.63) is 83.7 Å². The number of carbonyl (C=O) groups excluding carboxylic acids is 2. The second kappa shape index (κ2) is 9.30. The maximum Gasteiger partial charge on any atom is 0.313 e. The molecular weight excluding hydrogens is 420 g/mol. The van der Waals surface area contributed by atoms with Crippen LogP contribution < -0.4 is 20.1 Å². The third kappa shape index (κ3) is 4.65. The molecular formula is C25H24N4O4. The SMILES string of the molecule is O=C(NC[C@H](c1cccnc1)N1CCc2ccccc2C1)C(=O)Nc1ccc2c(c1)OCO2. The Morgan fingerprint density at radius 1 is 1.00 bits per heavy atom. The third-order valence-electron chi connectivity index (χ3n) is 5.96. The molecule has 2 aliphatic heterocycles. The van der Waals surface area contributed by atoms with Gasteiger partial charge in [0.25, 0.3) is 0 Å². The normalized spacial score (nSPS) is 15.4. The van der Waals surface area contributed by atoms with Gasteiger partial charge in [0.05, 0.1) is 6.04 Å². The number of aromatic nitrogens is 1. The Balaban J connectivity index is 1.25. The number of pyridine rings is 1. The summed E-state index contributed by atoms with van der Waals surface area (Å²) in [5.74, 6) is -0.281. The summed E-state index contributed by atoms with van der Waals surface area (Å²) in [5.41, 5.74) is 4.10. The van der Waals surface area contributed by atoms with E-state index in [4.69, 9.17) is 9.47 Å². The van der Waals surface area contributed by atoms with E-state index in [0.29, 0.717) is 23.7 Å². The number of anilines is 1. The van der Waals surface area contributed by atoms with Crippen molar-refractivity contribution in [1.29, 1.82) is 0 Å². The molecule has 8 nitrogen and oxygen atoms in total. The lowest BCUT2D eigenvalue weighted by atomic mass is 9.97. The van der Waals surface area contributed by atoms with Crippen LogP contribution in [0.1, 0.15) is 22.7 Å². The lowest BCUT2D eigenvalue weighted by molar-refractivity contribution is -0.136. The first-order valence-corrected chi connectivity index (χ1v) is 10.9. The first-order chi connectivity index (χ1) is 16.2. The molecule has 0 unspecified atom stereocenters. The van der Waals surface area contributed by atoms with E-state index < -0.39 is 11.8 Å². The molecule has 0 fully saturated rings. The second-order valence-corrected chi connectivity index (χ2v) is 8.02. The Morgan fingerprint density at radius 3 is 2.70 bits per heavy atom. The zero-order valence-electron chi connectivity index (χ0n) is 18.0. The monoisotopic (exact) mass is 444 g/mol. The molecule has 5 rings (SSSR count). The minimum atomic E-state index is -0.734.